The maximum atomic E-state index is 13.6. The van der Waals surface area contributed by atoms with Crippen molar-refractivity contribution in [2.24, 2.45) is 18.9 Å². The van der Waals surface area contributed by atoms with E-state index in [2.05, 4.69) is 31.8 Å². The van der Waals surface area contributed by atoms with Gasteiger partial charge in [0.1, 0.15) is 29.2 Å². The number of likely N-dealkylation sites (tertiary alicyclic amines) is 1. The van der Waals surface area contributed by atoms with E-state index in [-0.39, 0.29) is 11.9 Å². The van der Waals surface area contributed by atoms with Crippen molar-refractivity contribution in [1.29, 1.82) is 0 Å². The molecule has 7 rings (SSSR count). The highest BCUT2D eigenvalue weighted by atomic mass is 16.5. The quantitative estimate of drug-likeness (QED) is 0.592. The van der Waals surface area contributed by atoms with Crippen molar-refractivity contribution in [2.75, 3.05) is 38.2 Å². The number of anilines is 1. The molecule has 1 aromatic carbocycles. The van der Waals surface area contributed by atoms with Crippen molar-refractivity contribution in [1.82, 2.24) is 29.7 Å². The number of amides is 1. The molecular formula is C27H33N7O2. The zero-order valence-corrected chi connectivity index (χ0v) is 21.0. The molecule has 4 aliphatic rings. The van der Waals surface area contributed by atoms with Gasteiger partial charge in [-0.1, -0.05) is 0 Å². The zero-order chi connectivity index (χ0) is 24.4. The number of nitrogens with one attached hydrogen (secondary N) is 1. The molecule has 1 aliphatic carbocycles. The lowest BCUT2D eigenvalue weighted by Gasteiger charge is -2.35. The SMILES string of the molecule is COc1cc(C(=O)N2CC[C@@H]3CCN[C@@H]3C2)cc2nc(C3Cc4cncnc4N3CC3CC3)n(C)c12. The van der Waals surface area contributed by atoms with Crippen LogP contribution in [0.5, 0.6) is 5.75 Å². The van der Waals surface area contributed by atoms with E-state index in [1.807, 2.05) is 23.2 Å². The van der Waals surface area contributed by atoms with Crippen LogP contribution in [0.2, 0.25) is 0 Å². The van der Waals surface area contributed by atoms with E-state index in [9.17, 15) is 4.79 Å². The van der Waals surface area contributed by atoms with Crippen LogP contribution in [-0.4, -0.2) is 69.7 Å². The third kappa shape index (κ3) is 3.55. The Balaban J connectivity index is 1.24. The molecule has 3 aliphatic heterocycles. The highest BCUT2D eigenvalue weighted by Gasteiger charge is 2.39. The number of carbonyl (C=O) groups excluding carboxylic acids is 1. The second-order valence-corrected chi connectivity index (χ2v) is 10.9. The molecule has 0 bridgehead atoms. The van der Waals surface area contributed by atoms with Crippen molar-refractivity contribution < 1.29 is 9.53 Å². The molecule has 36 heavy (non-hydrogen) atoms. The van der Waals surface area contributed by atoms with Gasteiger partial charge in [0.05, 0.1) is 18.7 Å². The van der Waals surface area contributed by atoms with E-state index in [0.29, 0.717) is 23.3 Å². The van der Waals surface area contributed by atoms with Crippen molar-refractivity contribution in [3.63, 3.8) is 0 Å². The molecule has 188 valence electrons. The Bertz CT molecular complexity index is 1330. The molecule has 9 nitrogen and oxygen atoms in total. The Labute approximate surface area is 210 Å². The average Bonchev–Trinajstić information content (AvgIpc) is 3.32. The molecular weight excluding hydrogens is 454 g/mol. The number of benzene rings is 1. The third-order valence-corrected chi connectivity index (χ3v) is 8.68. The first kappa shape index (κ1) is 22.0. The maximum Gasteiger partial charge on any atom is 0.254 e. The number of ether oxygens (including phenoxy) is 1. The summed E-state index contributed by atoms with van der Waals surface area (Å²) in [5.74, 6) is 4.18. The minimum atomic E-state index is 0.0634. The van der Waals surface area contributed by atoms with Crippen molar-refractivity contribution in [3.05, 3.63) is 41.6 Å². The predicted molar refractivity (Wildman–Crippen MR) is 136 cm³/mol. The monoisotopic (exact) mass is 487 g/mol. The minimum absolute atomic E-state index is 0.0634. The van der Waals surface area contributed by atoms with Crippen LogP contribution in [0.15, 0.2) is 24.7 Å². The standard InChI is InChI=1S/C27H33N7O2/c1-32-24-20(31-26(32)22-10-19-12-28-15-30-25(19)34(22)13-16-3-4-16)9-18(11-23(24)36-2)27(35)33-8-6-17-5-7-29-21(17)14-33/h9,11-12,15-17,21-22,29H,3-8,10,13-14H2,1-2H3/t17-,21+,22?/m0/s1. The molecule has 3 atom stereocenters. The second-order valence-electron chi connectivity index (χ2n) is 10.9. The van der Waals surface area contributed by atoms with Crippen LogP contribution in [0.25, 0.3) is 11.0 Å². The van der Waals surface area contributed by atoms with Gasteiger partial charge in [0.25, 0.3) is 5.91 Å². The first-order valence-electron chi connectivity index (χ1n) is 13.2. The Morgan fingerprint density at radius 1 is 1.22 bits per heavy atom. The lowest BCUT2D eigenvalue weighted by atomic mass is 9.92. The molecule has 1 N–H and O–H groups in total. The molecule has 5 heterocycles. The van der Waals surface area contributed by atoms with Crippen LogP contribution in [-0.2, 0) is 13.5 Å². The molecule has 0 radical (unpaired) electrons. The van der Waals surface area contributed by atoms with Gasteiger partial charge in [0.2, 0.25) is 0 Å². The Morgan fingerprint density at radius 2 is 2.11 bits per heavy atom. The Kier molecular flexibility index (Phi) is 5.16. The van der Waals surface area contributed by atoms with Crippen LogP contribution in [0.3, 0.4) is 0 Å². The van der Waals surface area contributed by atoms with E-state index in [0.717, 1.165) is 67.6 Å². The maximum absolute atomic E-state index is 13.6. The molecule has 2 aromatic heterocycles. The summed E-state index contributed by atoms with van der Waals surface area (Å²) in [6.45, 7) is 3.63. The number of rotatable bonds is 5. The van der Waals surface area contributed by atoms with E-state index >= 15 is 0 Å². The molecule has 1 saturated carbocycles. The van der Waals surface area contributed by atoms with Crippen LogP contribution in [0, 0.1) is 11.8 Å². The van der Waals surface area contributed by atoms with Gasteiger partial charge in [-0.2, -0.15) is 0 Å². The van der Waals surface area contributed by atoms with E-state index in [1.165, 1.54) is 24.8 Å². The number of nitrogens with zero attached hydrogens (tertiary/aromatic N) is 6. The van der Waals surface area contributed by atoms with E-state index < -0.39 is 0 Å². The molecule has 1 unspecified atom stereocenters. The van der Waals surface area contributed by atoms with Gasteiger partial charge in [-0.05, 0) is 56.2 Å². The van der Waals surface area contributed by atoms with Gasteiger partial charge in [0.15, 0.2) is 0 Å². The van der Waals surface area contributed by atoms with Crippen LogP contribution in [0.1, 0.15) is 53.5 Å². The van der Waals surface area contributed by atoms with Crippen LogP contribution in [0.4, 0.5) is 5.82 Å². The summed E-state index contributed by atoms with van der Waals surface area (Å²) in [5, 5.41) is 3.57. The van der Waals surface area contributed by atoms with Gasteiger partial charge >= 0.3 is 0 Å². The zero-order valence-electron chi connectivity index (χ0n) is 21.0. The first-order chi connectivity index (χ1) is 17.6. The molecule has 3 aromatic rings. The number of aromatic nitrogens is 4. The summed E-state index contributed by atoms with van der Waals surface area (Å²) in [4.78, 5) is 32.0. The number of fused-ring (bicyclic) bond motifs is 3. The van der Waals surface area contributed by atoms with Gasteiger partial charge in [-0.15, -0.1) is 0 Å². The largest absolute Gasteiger partial charge is 0.494 e. The minimum Gasteiger partial charge on any atom is -0.494 e. The third-order valence-electron chi connectivity index (χ3n) is 8.68. The van der Waals surface area contributed by atoms with Crippen molar-refractivity contribution in [3.8, 4) is 5.75 Å². The lowest BCUT2D eigenvalue weighted by Crippen LogP contribution is -2.48. The highest BCUT2D eigenvalue weighted by molar-refractivity contribution is 5.99. The summed E-state index contributed by atoms with van der Waals surface area (Å²) in [5.41, 5.74) is 3.55. The topological polar surface area (TPSA) is 88.4 Å². The number of hydrogen-bond acceptors (Lipinski definition) is 7. The predicted octanol–water partition coefficient (Wildman–Crippen LogP) is 2.71. The number of methoxy groups -OCH3 is 1. The molecule has 3 fully saturated rings. The van der Waals surface area contributed by atoms with E-state index in [4.69, 9.17) is 9.72 Å². The number of imidazole rings is 1. The normalized spacial score (nSPS) is 25.3. The molecule has 1 amide bonds. The number of aryl methyl sites for hydroxylation is 1. The van der Waals surface area contributed by atoms with Crippen LogP contribution < -0.4 is 15.0 Å². The smallest absolute Gasteiger partial charge is 0.254 e. The van der Waals surface area contributed by atoms with Gasteiger partial charge in [0, 0.05) is 56.5 Å². The fourth-order valence-corrected chi connectivity index (χ4v) is 6.55. The van der Waals surface area contributed by atoms with E-state index in [1.54, 1.807) is 13.4 Å². The number of hydrogen-bond donors (Lipinski definition) is 1. The summed E-state index contributed by atoms with van der Waals surface area (Å²) in [7, 11) is 3.72. The van der Waals surface area contributed by atoms with Gasteiger partial charge in [-0.25, -0.2) is 15.0 Å². The highest BCUT2D eigenvalue weighted by Crippen LogP contribution is 2.43. The first-order valence-corrected chi connectivity index (χ1v) is 13.2. The lowest BCUT2D eigenvalue weighted by molar-refractivity contribution is 0.0669. The number of carbonyl (C=O) groups is 1. The second kappa shape index (κ2) is 8.44. The van der Waals surface area contributed by atoms with Gasteiger partial charge < -0.3 is 24.4 Å². The average molecular weight is 488 g/mol. The number of piperidine rings is 1. The fourth-order valence-electron chi connectivity index (χ4n) is 6.55. The summed E-state index contributed by atoms with van der Waals surface area (Å²) < 4.78 is 7.95. The van der Waals surface area contributed by atoms with Gasteiger partial charge in [-0.3, -0.25) is 4.79 Å². The molecule has 2 saturated heterocycles. The van der Waals surface area contributed by atoms with Crippen LogP contribution >= 0.6 is 0 Å². The summed E-state index contributed by atoms with van der Waals surface area (Å²) >= 11 is 0. The summed E-state index contributed by atoms with van der Waals surface area (Å²) in [6, 6.07) is 4.34. The Morgan fingerprint density at radius 3 is 2.94 bits per heavy atom. The Hall–Kier alpha value is -3.20. The summed E-state index contributed by atoms with van der Waals surface area (Å²) in [6.07, 6.45) is 9.25. The van der Waals surface area contributed by atoms with Crippen molar-refractivity contribution >= 4 is 22.8 Å². The molecule has 0 spiro atoms. The molecule has 9 heteroatoms. The fraction of sp³-hybridized carbons (Fsp3) is 0.556. The van der Waals surface area contributed by atoms with Crippen molar-refractivity contribution in [2.45, 2.75) is 44.2 Å².